The Labute approximate surface area is 148 Å². The molecule has 0 aliphatic carbocycles. The van der Waals surface area contributed by atoms with Crippen molar-refractivity contribution in [1.82, 2.24) is 4.98 Å². The Hall–Kier alpha value is -2.95. The van der Waals surface area contributed by atoms with Gasteiger partial charge < -0.3 is 18.9 Å². The minimum Gasteiger partial charge on any atom is -0.493 e. The number of aromatic nitrogens is 1. The van der Waals surface area contributed by atoms with Crippen molar-refractivity contribution in [1.29, 1.82) is 0 Å². The molecule has 0 N–H and O–H groups in total. The fourth-order valence-electron chi connectivity index (χ4n) is 2.24. The number of pyridine rings is 1. The van der Waals surface area contributed by atoms with Crippen LogP contribution in [0.5, 0.6) is 23.3 Å². The summed E-state index contributed by atoms with van der Waals surface area (Å²) < 4.78 is 21.7. The van der Waals surface area contributed by atoms with Gasteiger partial charge in [-0.05, 0) is 35.8 Å². The van der Waals surface area contributed by atoms with Crippen LogP contribution in [0.1, 0.15) is 18.1 Å². The van der Waals surface area contributed by atoms with E-state index >= 15 is 0 Å². The largest absolute Gasteiger partial charge is 0.493 e. The lowest BCUT2D eigenvalue weighted by Crippen LogP contribution is -2.08. The minimum absolute atomic E-state index is 0.140. The second kappa shape index (κ2) is 8.24. The smallest absolute Gasteiger partial charge is 0.216 e. The van der Waals surface area contributed by atoms with E-state index in [0.29, 0.717) is 23.3 Å². The van der Waals surface area contributed by atoms with Crippen LogP contribution in [0.3, 0.4) is 0 Å². The van der Waals surface area contributed by atoms with Crippen LogP contribution in [0.2, 0.25) is 0 Å². The summed E-state index contributed by atoms with van der Waals surface area (Å²) in [5, 5.41) is 0. The molecule has 0 fully saturated rings. The van der Waals surface area contributed by atoms with E-state index in [1.165, 1.54) is 0 Å². The maximum atomic E-state index is 5.86. The first-order valence-corrected chi connectivity index (χ1v) is 7.79. The predicted octanol–water partition coefficient (Wildman–Crippen LogP) is 4.12. The van der Waals surface area contributed by atoms with E-state index in [9.17, 15) is 0 Å². The number of benzene rings is 1. The molecule has 5 heteroatoms. The Morgan fingerprint density at radius 1 is 0.960 bits per heavy atom. The van der Waals surface area contributed by atoms with Crippen molar-refractivity contribution < 1.29 is 18.9 Å². The van der Waals surface area contributed by atoms with Crippen LogP contribution < -0.4 is 18.9 Å². The Morgan fingerprint density at radius 3 is 2.12 bits per heavy atom. The zero-order valence-corrected chi connectivity index (χ0v) is 15.0. The van der Waals surface area contributed by atoms with Crippen LogP contribution in [-0.2, 0) is 0 Å². The lowest BCUT2D eigenvalue weighted by atomic mass is 10.00. The van der Waals surface area contributed by atoms with Gasteiger partial charge in [0.15, 0.2) is 11.5 Å². The molecular weight excluding hydrogens is 318 g/mol. The van der Waals surface area contributed by atoms with E-state index in [0.717, 1.165) is 16.7 Å². The molecule has 1 atom stereocenters. The molecule has 0 aliphatic heterocycles. The third-order valence-electron chi connectivity index (χ3n) is 3.70. The van der Waals surface area contributed by atoms with Crippen LogP contribution in [-0.4, -0.2) is 32.4 Å². The van der Waals surface area contributed by atoms with E-state index in [1.54, 1.807) is 27.4 Å². The van der Waals surface area contributed by atoms with Gasteiger partial charge in [-0.2, -0.15) is 4.98 Å². The highest BCUT2D eigenvalue weighted by Crippen LogP contribution is 2.34. The Balaban J connectivity index is 2.42. The molecule has 1 unspecified atom stereocenters. The molecule has 2 aromatic rings. The third-order valence-corrected chi connectivity index (χ3v) is 3.70. The summed E-state index contributed by atoms with van der Waals surface area (Å²) >= 11 is 0. The highest BCUT2D eigenvalue weighted by molar-refractivity contribution is 5.80. The number of hydrogen-bond acceptors (Lipinski definition) is 5. The van der Waals surface area contributed by atoms with Gasteiger partial charge in [0.25, 0.3) is 0 Å². The Morgan fingerprint density at radius 2 is 1.60 bits per heavy atom. The van der Waals surface area contributed by atoms with Crippen molar-refractivity contribution in [3.8, 4) is 23.3 Å². The molecule has 2 rings (SSSR count). The van der Waals surface area contributed by atoms with Gasteiger partial charge in [0.05, 0.1) is 21.3 Å². The summed E-state index contributed by atoms with van der Waals surface area (Å²) in [6.45, 7) is 9.83. The second-order valence-electron chi connectivity index (χ2n) is 5.34. The van der Waals surface area contributed by atoms with Crippen molar-refractivity contribution >= 4 is 5.57 Å². The van der Waals surface area contributed by atoms with Gasteiger partial charge >= 0.3 is 0 Å². The SMILES string of the molecule is C=CC(C)Oc1cc(C(=C)c2cc(OC)nc(OC)c2)ccc1OC. The molecule has 0 saturated carbocycles. The molecule has 0 amide bonds. The van der Waals surface area contributed by atoms with Crippen LogP contribution in [0.15, 0.2) is 49.6 Å². The van der Waals surface area contributed by atoms with Gasteiger partial charge in [0, 0.05) is 12.1 Å². The van der Waals surface area contributed by atoms with Gasteiger partial charge in [-0.15, -0.1) is 0 Å². The summed E-state index contributed by atoms with van der Waals surface area (Å²) in [7, 11) is 4.72. The summed E-state index contributed by atoms with van der Waals surface area (Å²) in [5.74, 6) is 2.19. The average molecular weight is 341 g/mol. The number of ether oxygens (including phenoxy) is 4. The van der Waals surface area contributed by atoms with Gasteiger partial charge in [-0.3, -0.25) is 0 Å². The summed E-state index contributed by atoms with van der Waals surface area (Å²) in [6, 6.07) is 9.28. The molecule has 0 saturated heterocycles. The highest BCUT2D eigenvalue weighted by Gasteiger charge is 2.13. The maximum absolute atomic E-state index is 5.86. The van der Waals surface area contributed by atoms with E-state index < -0.39 is 0 Å². The van der Waals surface area contributed by atoms with E-state index in [-0.39, 0.29) is 6.10 Å². The quantitative estimate of drug-likeness (QED) is 0.676. The molecule has 25 heavy (non-hydrogen) atoms. The molecule has 5 nitrogen and oxygen atoms in total. The number of rotatable bonds is 8. The Kier molecular flexibility index (Phi) is 6.06. The van der Waals surface area contributed by atoms with Crippen molar-refractivity contribution in [2.75, 3.05) is 21.3 Å². The first kappa shape index (κ1) is 18.4. The molecule has 0 bridgehead atoms. The van der Waals surface area contributed by atoms with Crippen molar-refractivity contribution in [3.05, 3.63) is 60.7 Å². The van der Waals surface area contributed by atoms with E-state index in [4.69, 9.17) is 18.9 Å². The van der Waals surface area contributed by atoms with Crippen LogP contribution in [0.4, 0.5) is 0 Å². The van der Waals surface area contributed by atoms with E-state index in [2.05, 4.69) is 18.1 Å². The molecule has 0 aliphatic rings. The zero-order valence-electron chi connectivity index (χ0n) is 15.0. The minimum atomic E-state index is -0.140. The van der Waals surface area contributed by atoms with Gasteiger partial charge in [-0.1, -0.05) is 25.3 Å². The lowest BCUT2D eigenvalue weighted by molar-refractivity contribution is 0.254. The maximum Gasteiger partial charge on any atom is 0.216 e. The molecular formula is C20H23NO4. The lowest BCUT2D eigenvalue weighted by Gasteiger charge is -2.16. The van der Waals surface area contributed by atoms with E-state index in [1.807, 2.05) is 37.3 Å². The number of nitrogens with zero attached hydrogens (tertiary/aromatic N) is 1. The van der Waals surface area contributed by atoms with Crippen molar-refractivity contribution in [2.45, 2.75) is 13.0 Å². The Bertz CT molecular complexity index is 748. The molecule has 0 spiro atoms. The van der Waals surface area contributed by atoms with Gasteiger partial charge in [-0.25, -0.2) is 0 Å². The summed E-state index contributed by atoms with van der Waals surface area (Å²) in [5.41, 5.74) is 2.52. The molecule has 1 heterocycles. The summed E-state index contributed by atoms with van der Waals surface area (Å²) in [6.07, 6.45) is 1.58. The first-order valence-electron chi connectivity index (χ1n) is 7.79. The normalized spacial score (nSPS) is 11.4. The zero-order chi connectivity index (χ0) is 18.4. The standard InChI is InChI=1S/C20H23NO4/c1-7-13(2)25-18-10-15(8-9-17(18)22-4)14(3)16-11-19(23-5)21-20(12-16)24-6/h7-13H,1,3H2,2,4-6H3. The summed E-state index contributed by atoms with van der Waals surface area (Å²) in [4.78, 5) is 4.20. The van der Waals surface area contributed by atoms with Crippen LogP contribution in [0.25, 0.3) is 5.57 Å². The topological polar surface area (TPSA) is 49.8 Å². The van der Waals surface area contributed by atoms with Gasteiger partial charge in [0.2, 0.25) is 11.8 Å². The fraction of sp³-hybridized carbons (Fsp3) is 0.250. The fourth-order valence-corrected chi connectivity index (χ4v) is 2.24. The molecule has 1 aromatic carbocycles. The second-order valence-corrected chi connectivity index (χ2v) is 5.34. The highest BCUT2D eigenvalue weighted by atomic mass is 16.5. The first-order chi connectivity index (χ1) is 12.0. The van der Waals surface area contributed by atoms with Crippen molar-refractivity contribution in [2.24, 2.45) is 0 Å². The average Bonchev–Trinajstić information content (AvgIpc) is 2.66. The molecule has 1 aromatic heterocycles. The molecule has 132 valence electrons. The van der Waals surface area contributed by atoms with Crippen molar-refractivity contribution in [3.63, 3.8) is 0 Å². The van der Waals surface area contributed by atoms with Crippen LogP contribution in [0, 0.1) is 0 Å². The monoisotopic (exact) mass is 341 g/mol. The predicted molar refractivity (Wildman–Crippen MR) is 98.8 cm³/mol. The number of hydrogen-bond donors (Lipinski definition) is 0. The molecule has 0 radical (unpaired) electrons. The number of methoxy groups -OCH3 is 3. The van der Waals surface area contributed by atoms with Crippen LogP contribution >= 0.6 is 0 Å². The third kappa shape index (κ3) is 4.32. The van der Waals surface area contributed by atoms with Gasteiger partial charge in [0.1, 0.15) is 6.10 Å².